The number of amides is 1. The number of rotatable bonds is 8. The van der Waals surface area contributed by atoms with Gasteiger partial charge in [-0.25, -0.2) is 4.68 Å². The normalized spacial score (nSPS) is 11.6. The van der Waals surface area contributed by atoms with Gasteiger partial charge in [-0.2, -0.15) is 5.10 Å². The number of carboxylic acids is 1. The van der Waals surface area contributed by atoms with Crippen molar-refractivity contribution in [3.63, 3.8) is 0 Å². The number of aromatic nitrogens is 2. The number of carbonyl (C=O) groups excluding carboxylic acids is 1. The highest BCUT2D eigenvalue weighted by Crippen LogP contribution is 2.32. The van der Waals surface area contributed by atoms with Crippen LogP contribution in [-0.2, 0) is 4.79 Å². The van der Waals surface area contributed by atoms with Gasteiger partial charge in [0.15, 0.2) is 5.69 Å². The number of benzene rings is 3. The van der Waals surface area contributed by atoms with Crippen molar-refractivity contribution in [2.75, 3.05) is 7.11 Å². The Balaban J connectivity index is 1.67. The van der Waals surface area contributed by atoms with Crippen molar-refractivity contribution in [1.29, 1.82) is 0 Å². The van der Waals surface area contributed by atoms with Gasteiger partial charge in [0.25, 0.3) is 5.91 Å². The lowest BCUT2D eigenvalue weighted by atomic mass is 9.96. The number of para-hydroxylation sites is 1. The van der Waals surface area contributed by atoms with E-state index in [1.54, 1.807) is 30.3 Å². The molecule has 4 aromatic rings. The molecule has 3 N–H and O–H groups in total. The van der Waals surface area contributed by atoms with Crippen LogP contribution in [0, 0.1) is 0 Å². The number of carboxylic acid groups (broad SMARTS) is 1. The molecule has 34 heavy (non-hydrogen) atoms. The van der Waals surface area contributed by atoms with Crippen LogP contribution in [0.15, 0.2) is 84.9 Å². The summed E-state index contributed by atoms with van der Waals surface area (Å²) in [7, 11) is 1.49. The number of aromatic hydroxyl groups is 1. The Morgan fingerprint density at radius 1 is 0.971 bits per heavy atom. The maximum Gasteiger partial charge on any atom is 0.305 e. The summed E-state index contributed by atoms with van der Waals surface area (Å²) in [5.41, 5.74) is 2.85. The van der Waals surface area contributed by atoms with Crippen LogP contribution in [-0.4, -0.2) is 39.0 Å². The van der Waals surface area contributed by atoms with Gasteiger partial charge in [-0.05, 0) is 35.4 Å². The van der Waals surface area contributed by atoms with Crippen LogP contribution in [0.2, 0.25) is 0 Å². The number of ether oxygens (including phenoxy) is 1. The van der Waals surface area contributed by atoms with Crippen molar-refractivity contribution in [1.82, 2.24) is 15.1 Å². The third-order valence-electron chi connectivity index (χ3n) is 5.32. The van der Waals surface area contributed by atoms with E-state index in [0.29, 0.717) is 17.0 Å². The maximum atomic E-state index is 13.0. The van der Waals surface area contributed by atoms with E-state index < -0.39 is 17.9 Å². The van der Waals surface area contributed by atoms with Crippen molar-refractivity contribution < 1.29 is 24.5 Å². The summed E-state index contributed by atoms with van der Waals surface area (Å²) in [5, 5.41) is 26.7. The van der Waals surface area contributed by atoms with E-state index in [-0.39, 0.29) is 18.0 Å². The number of aliphatic carboxylic acids is 1. The number of carbonyl (C=O) groups is 2. The minimum absolute atomic E-state index is 0.0464. The van der Waals surface area contributed by atoms with Gasteiger partial charge >= 0.3 is 5.97 Å². The molecule has 0 saturated carbocycles. The quantitative estimate of drug-likeness (QED) is 0.365. The summed E-state index contributed by atoms with van der Waals surface area (Å²) >= 11 is 0. The lowest BCUT2D eigenvalue weighted by Gasteiger charge is -2.20. The fraction of sp³-hybridized carbons (Fsp3) is 0.115. The molecule has 4 rings (SSSR count). The molecule has 3 aromatic carbocycles. The predicted octanol–water partition coefficient (Wildman–Crippen LogP) is 4.20. The molecule has 1 aromatic heterocycles. The van der Waals surface area contributed by atoms with Crippen LogP contribution < -0.4 is 10.1 Å². The van der Waals surface area contributed by atoms with E-state index >= 15 is 0 Å². The molecule has 0 radical (unpaired) electrons. The summed E-state index contributed by atoms with van der Waals surface area (Å²) in [6.45, 7) is 0. The molecular formula is C26H23N3O5. The molecule has 0 aliphatic carbocycles. The van der Waals surface area contributed by atoms with E-state index in [0.717, 1.165) is 11.1 Å². The molecule has 1 amide bonds. The third-order valence-corrected chi connectivity index (χ3v) is 5.32. The smallest absolute Gasteiger partial charge is 0.305 e. The van der Waals surface area contributed by atoms with E-state index in [2.05, 4.69) is 10.4 Å². The Hall–Kier alpha value is -4.59. The monoisotopic (exact) mass is 457 g/mol. The van der Waals surface area contributed by atoms with E-state index in [1.807, 2.05) is 48.5 Å². The minimum atomic E-state index is -1.09. The highest BCUT2D eigenvalue weighted by atomic mass is 16.5. The molecule has 0 aliphatic heterocycles. The first kappa shape index (κ1) is 22.6. The van der Waals surface area contributed by atoms with E-state index in [4.69, 9.17) is 4.74 Å². The molecular weight excluding hydrogens is 434 g/mol. The Labute approximate surface area is 196 Å². The van der Waals surface area contributed by atoms with E-state index in [1.165, 1.54) is 17.9 Å². The fourth-order valence-electron chi connectivity index (χ4n) is 3.70. The van der Waals surface area contributed by atoms with Gasteiger partial charge in [0.1, 0.15) is 5.75 Å². The van der Waals surface area contributed by atoms with Crippen LogP contribution in [0.3, 0.4) is 0 Å². The second kappa shape index (κ2) is 9.91. The first-order valence-electron chi connectivity index (χ1n) is 10.6. The maximum absolute atomic E-state index is 13.0. The Morgan fingerprint density at radius 2 is 1.65 bits per heavy atom. The summed E-state index contributed by atoms with van der Waals surface area (Å²) in [4.78, 5) is 24.7. The zero-order chi connectivity index (χ0) is 24.1. The van der Waals surface area contributed by atoms with Gasteiger partial charge in [0, 0.05) is 11.6 Å². The Morgan fingerprint density at radius 3 is 2.29 bits per heavy atom. The Kier molecular flexibility index (Phi) is 6.59. The number of nitrogens with one attached hydrogen (secondary N) is 1. The molecule has 1 atom stereocenters. The number of nitrogens with zero attached hydrogens (tertiary/aromatic N) is 2. The van der Waals surface area contributed by atoms with Crippen molar-refractivity contribution in [2.45, 2.75) is 12.5 Å². The topological polar surface area (TPSA) is 114 Å². The van der Waals surface area contributed by atoms with Crippen molar-refractivity contribution in [3.05, 3.63) is 96.2 Å². The SMILES string of the molecule is COc1ccc(-c2ccccc2)cc1C(CC(=O)O)NC(=O)c1cc(O)n(-c2ccccc2)n1. The summed E-state index contributed by atoms with van der Waals surface area (Å²) < 4.78 is 6.70. The van der Waals surface area contributed by atoms with Crippen LogP contribution in [0.1, 0.15) is 28.5 Å². The molecule has 1 heterocycles. The molecule has 0 spiro atoms. The highest BCUT2D eigenvalue weighted by Gasteiger charge is 2.25. The van der Waals surface area contributed by atoms with Gasteiger partial charge in [-0.15, -0.1) is 0 Å². The molecule has 0 bridgehead atoms. The third kappa shape index (κ3) is 4.91. The number of methoxy groups -OCH3 is 1. The second-order valence-corrected chi connectivity index (χ2v) is 7.58. The number of hydrogen-bond acceptors (Lipinski definition) is 5. The Bertz CT molecular complexity index is 1300. The highest BCUT2D eigenvalue weighted by molar-refractivity contribution is 5.93. The van der Waals surface area contributed by atoms with Crippen LogP contribution in [0.25, 0.3) is 16.8 Å². The average Bonchev–Trinajstić information content (AvgIpc) is 3.25. The lowest BCUT2D eigenvalue weighted by molar-refractivity contribution is -0.137. The average molecular weight is 457 g/mol. The van der Waals surface area contributed by atoms with Crippen LogP contribution in [0.5, 0.6) is 11.6 Å². The first-order chi connectivity index (χ1) is 16.5. The lowest BCUT2D eigenvalue weighted by Crippen LogP contribution is -2.31. The molecule has 0 fully saturated rings. The predicted molar refractivity (Wildman–Crippen MR) is 126 cm³/mol. The molecule has 8 heteroatoms. The molecule has 1 unspecified atom stereocenters. The van der Waals surface area contributed by atoms with Crippen molar-refractivity contribution in [2.24, 2.45) is 0 Å². The van der Waals surface area contributed by atoms with Gasteiger partial charge < -0.3 is 20.3 Å². The molecule has 172 valence electrons. The van der Waals surface area contributed by atoms with Gasteiger partial charge in [-0.1, -0.05) is 54.6 Å². The molecule has 0 aliphatic rings. The molecule has 8 nitrogen and oxygen atoms in total. The minimum Gasteiger partial charge on any atom is -0.496 e. The van der Waals surface area contributed by atoms with Gasteiger partial charge in [-0.3, -0.25) is 9.59 Å². The fourth-order valence-corrected chi connectivity index (χ4v) is 3.70. The zero-order valence-electron chi connectivity index (χ0n) is 18.4. The van der Waals surface area contributed by atoms with Crippen molar-refractivity contribution in [3.8, 4) is 28.4 Å². The second-order valence-electron chi connectivity index (χ2n) is 7.58. The standard InChI is InChI=1S/C26H23N3O5/c1-34-23-13-12-18(17-8-4-2-5-9-17)14-20(23)21(16-25(31)32)27-26(33)22-15-24(30)29(28-22)19-10-6-3-7-11-19/h2-15,21,30H,16H2,1H3,(H,27,33)(H,31,32). The molecule has 0 saturated heterocycles. The summed E-state index contributed by atoms with van der Waals surface area (Å²) in [5.74, 6) is -1.47. The van der Waals surface area contributed by atoms with Crippen LogP contribution in [0.4, 0.5) is 0 Å². The van der Waals surface area contributed by atoms with Crippen molar-refractivity contribution >= 4 is 11.9 Å². The van der Waals surface area contributed by atoms with E-state index in [9.17, 15) is 19.8 Å². The largest absolute Gasteiger partial charge is 0.496 e. The van der Waals surface area contributed by atoms with Gasteiger partial charge in [0.2, 0.25) is 5.88 Å². The summed E-state index contributed by atoms with van der Waals surface area (Å²) in [6, 6.07) is 24.2. The van der Waals surface area contributed by atoms with Gasteiger partial charge in [0.05, 0.1) is 25.3 Å². The first-order valence-corrected chi connectivity index (χ1v) is 10.6. The number of hydrogen-bond donors (Lipinski definition) is 3. The zero-order valence-corrected chi connectivity index (χ0v) is 18.4. The van der Waals surface area contributed by atoms with Crippen LogP contribution >= 0.6 is 0 Å². The summed E-state index contributed by atoms with van der Waals surface area (Å²) in [6.07, 6.45) is -0.369.